The van der Waals surface area contributed by atoms with Crippen LogP contribution in [0.3, 0.4) is 0 Å². The minimum absolute atomic E-state index is 0.0579. The minimum Gasteiger partial charge on any atom is -0.330 e. The Balaban J connectivity index is 2.05. The van der Waals surface area contributed by atoms with Crippen molar-refractivity contribution in [2.24, 2.45) is 17.6 Å². The number of benzene rings is 1. The van der Waals surface area contributed by atoms with Gasteiger partial charge in [0.15, 0.2) is 0 Å². The van der Waals surface area contributed by atoms with Gasteiger partial charge < -0.3 is 5.73 Å². The quantitative estimate of drug-likeness (QED) is 0.921. The Hall–Kier alpha value is -0.930. The maximum atomic E-state index is 13.1. The van der Waals surface area contributed by atoms with Gasteiger partial charge in [-0.15, -0.1) is 0 Å². The smallest absolute Gasteiger partial charge is 0.141 e. The number of rotatable bonds is 4. The van der Waals surface area contributed by atoms with Gasteiger partial charge in [-0.1, -0.05) is 30.5 Å². The summed E-state index contributed by atoms with van der Waals surface area (Å²) in [5, 5.41) is 0.0734. The van der Waals surface area contributed by atoms with E-state index in [1.807, 2.05) is 0 Å². The fourth-order valence-corrected chi connectivity index (χ4v) is 3.10. The topological polar surface area (TPSA) is 43.1 Å². The summed E-state index contributed by atoms with van der Waals surface area (Å²) in [7, 11) is 0. The molecule has 1 aromatic rings. The second kappa shape index (κ2) is 6.49. The van der Waals surface area contributed by atoms with Crippen molar-refractivity contribution in [3.05, 3.63) is 34.6 Å². The van der Waals surface area contributed by atoms with E-state index in [0.29, 0.717) is 18.9 Å². The third-order valence-corrected chi connectivity index (χ3v) is 4.28. The van der Waals surface area contributed by atoms with Crippen LogP contribution in [0.2, 0.25) is 5.02 Å². The highest BCUT2D eigenvalue weighted by Gasteiger charge is 2.29. The molecule has 2 unspecified atom stereocenters. The van der Waals surface area contributed by atoms with E-state index in [4.69, 9.17) is 17.3 Å². The lowest BCUT2D eigenvalue weighted by atomic mass is 9.76. The molecule has 0 aromatic heterocycles. The monoisotopic (exact) mass is 283 g/mol. The van der Waals surface area contributed by atoms with Crippen LogP contribution < -0.4 is 5.73 Å². The number of ketones is 1. The number of halogens is 2. The largest absolute Gasteiger partial charge is 0.330 e. The Bertz CT molecular complexity index is 463. The molecule has 19 heavy (non-hydrogen) atoms. The van der Waals surface area contributed by atoms with Crippen LogP contribution in [0.15, 0.2) is 18.2 Å². The number of hydrogen-bond donors (Lipinski definition) is 1. The van der Waals surface area contributed by atoms with E-state index < -0.39 is 5.82 Å². The SMILES string of the molecule is NCC1CCCCC1C(=O)Cc1ccc(F)c(Cl)c1. The Morgan fingerprint density at radius 1 is 1.37 bits per heavy atom. The Morgan fingerprint density at radius 3 is 2.79 bits per heavy atom. The van der Waals surface area contributed by atoms with Gasteiger partial charge in [-0.05, 0) is 43.0 Å². The van der Waals surface area contributed by atoms with Gasteiger partial charge in [-0.2, -0.15) is 0 Å². The predicted octanol–water partition coefficient (Wildman–Crippen LogP) is 3.36. The molecule has 4 heteroatoms. The molecule has 1 aliphatic carbocycles. The fraction of sp³-hybridized carbons (Fsp3) is 0.533. The van der Waals surface area contributed by atoms with Gasteiger partial charge in [0.2, 0.25) is 0 Å². The summed E-state index contributed by atoms with van der Waals surface area (Å²) in [6.07, 6.45) is 4.54. The number of carbonyl (C=O) groups is 1. The van der Waals surface area contributed by atoms with E-state index in [-0.39, 0.29) is 16.7 Å². The lowest BCUT2D eigenvalue weighted by Crippen LogP contribution is -2.33. The lowest BCUT2D eigenvalue weighted by molar-refractivity contribution is -0.124. The first-order valence-corrected chi connectivity index (χ1v) is 7.16. The molecule has 2 atom stereocenters. The highest BCUT2D eigenvalue weighted by molar-refractivity contribution is 6.30. The second-order valence-corrected chi connectivity index (χ2v) is 5.69. The molecule has 0 spiro atoms. The zero-order chi connectivity index (χ0) is 13.8. The average Bonchev–Trinajstić information content (AvgIpc) is 2.43. The van der Waals surface area contributed by atoms with Crippen molar-refractivity contribution in [1.29, 1.82) is 0 Å². The summed E-state index contributed by atoms with van der Waals surface area (Å²) in [5.41, 5.74) is 6.52. The molecule has 104 valence electrons. The van der Waals surface area contributed by atoms with Gasteiger partial charge in [0.1, 0.15) is 11.6 Å². The molecule has 1 fully saturated rings. The molecule has 1 saturated carbocycles. The molecule has 1 aromatic carbocycles. The zero-order valence-corrected chi connectivity index (χ0v) is 11.6. The van der Waals surface area contributed by atoms with Crippen LogP contribution in [-0.4, -0.2) is 12.3 Å². The van der Waals surface area contributed by atoms with E-state index in [2.05, 4.69) is 0 Å². The molecule has 2 rings (SSSR count). The lowest BCUT2D eigenvalue weighted by Gasteiger charge is -2.29. The van der Waals surface area contributed by atoms with Crippen molar-refractivity contribution in [1.82, 2.24) is 0 Å². The summed E-state index contributed by atoms with van der Waals surface area (Å²) < 4.78 is 13.1. The first kappa shape index (κ1) is 14.5. The van der Waals surface area contributed by atoms with E-state index in [1.165, 1.54) is 12.1 Å². The van der Waals surface area contributed by atoms with E-state index >= 15 is 0 Å². The molecular weight excluding hydrogens is 265 g/mol. The Morgan fingerprint density at radius 2 is 2.11 bits per heavy atom. The number of Topliss-reactive ketones (excluding diaryl/α,β-unsaturated/α-hetero) is 1. The summed E-state index contributed by atoms with van der Waals surface area (Å²) in [4.78, 5) is 12.3. The molecule has 0 bridgehead atoms. The number of carbonyl (C=O) groups excluding carboxylic acids is 1. The first-order chi connectivity index (χ1) is 9.11. The van der Waals surface area contributed by atoms with Crippen LogP contribution in [0.1, 0.15) is 31.2 Å². The fourth-order valence-electron chi connectivity index (χ4n) is 2.90. The maximum absolute atomic E-state index is 13.1. The third-order valence-electron chi connectivity index (χ3n) is 3.99. The van der Waals surface area contributed by atoms with Gasteiger partial charge in [-0.25, -0.2) is 4.39 Å². The van der Waals surface area contributed by atoms with Gasteiger partial charge in [0, 0.05) is 12.3 Å². The highest BCUT2D eigenvalue weighted by Crippen LogP contribution is 2.31. The Labute approximate surface area is 118 Å². The van der Waals surface area contributed by atoms with Crippen LogP contribution in [0.5, 0.6) is 0 Å². The molecule has 2 nitrogen and oxygen atoms in total. The molecule has 0 radical (unpaired) electrons. The number of nitrogens with two attached hydrogens (primary N) is 1. The van der Waals surface area contributed by atoms with Crippen molar-refractivity contribution >= 4 is 17.4 Å². The molecule has 0 saturated heterocycles. The standard InChI is InChI=1S/C15H19ClFNO/c16-13-7-10(5-6-14(13)17)8-15(19)12-4-2-1-3-11(12)9-18/h5-7,11-12H,1-4,8-9,18H2. The minimum atomic E-state index is -0.449. The van der Waals surface area contributed by atoms with Gasteiger partial charge in [0.05, 0.1) is 5.02 Å². The average molecular weight is 284 g/mol. The molecule has 0 aliphatic heterocycles. The molecule has 1 aliphatic rings. The molecular formula is C15H19ClFNO. The molecule has 0 heterocycles. The van der Waals surface area contributed by atoms with Crippen molar-refractivity contribution in [2.45, 2.75) is 32.1 Å². The van der Waals surface area contributed by atoms with Crippen LogP contribution in [0, 0.1) is 17.7 Å². The molecule has 2 N–H and O–H groups in total. The summed E-state index contributed by atoms with van der Waals surface area (Å²) >= 11 is 5.73. The van der Waals surface area contributed by atoms with Crippen molar-refractivity contribution in [2.75, 3.05) is 6.54 Å². The summed E-state index contributed by atoms with van der Waals surface area (Å²) in [6.45, 7) is 0.570. The van der Waals surface area contributed by atoms with Crippen LogP contribution in [0.4, 0.5) is 4.39 Å². The Kier molecular flexibility index (Phi) is 4.94. The maximum Gasteiger partial charge on any atom is 0.141 e. The summed E-state index contributed by atoms with van der Waals surface area (Å²) in [6, 6.07) is 4.47. The van der Waals surface area contributed by atoms with Crippen molar-refractivity contribution < 1.29 is 9.18 Å². The van der Waals surface area contributed by atoms with Crippen molar-refractivity contribution in [3.63, 3.8) is 0 Å². The van der Waals surface area contributed by atoms with Crippen molar-refractivity contribution in [3.8, 4) is 0 Å². The third kappa shape index (κ3) is 3.54. The van der Waals surface area contributed by atoms with E-state index in [9.17, 15) is 9.18 Å². The zero-order valence-electron chi connectivity index (χ0n) is 10.9. The number of hydrogen-bond acceptors (Lipinski definition) is 2. The molecule has 0 amide bonds. The van der Waals surface area contributed by atoms with Gasteiger partial charge in [-0.3, -0.25) is 4.79 Å². The van der Waals surface area contributed by atoms with E-state index in [0.717, 1.165) is 31.2 Å². The normalized spacial score (nSPS) is 23.3. The van der Waals surface area contributed by atoms with Gasteiger partial charge in [0.25, 0.3) is 0 Å². The van der Waals surface area contributed by atoms with Gasteiger partial charge >= 0.3 is 0 Å². The van der Waals surface area contributed by atoms with Crippen LogP contribution >= 0.6 is 11.6 Å². The van der Waals surface area contributed by atoms with Crippen LogP contribution in [-0.2, 0) is 11.2 Å². The highest BCUT2D eigenvalue weighted by atomic mass is 35.5. The van der Waals surface area contributed by atoms with Crippen LogP contribution in [0.25, 0.3) is 0 Å². The summed E-state index contributed by atoms with van der Waals surface area (Å²) in [5.74, 6) is 0.118. The second-order valence-electron chi connectivity index (χ2n) is 5.28. The van der Waals surface area contributed by atoms with E-state index in [1.54, 1.807) is 6.07 Å². The first-order valence-electron chi connectivity index (χ1n) is 6.78. The predicted molar refractivity (Wildman–Crippen MR) is 74.6 cm³/mol.